The van der Waals surface area contributed by atoms with Crippen molar-refractivity contribution in [3.63, 3.8) is 0 Å². The van der Waals surface area contributed by atoms with E-state index < -0.39 is 0 Å². The summed E-state index contributed by atoms with van der Waals surface area (Å²) in [5.74, 6) is 2.95. The number of ether oxygens (including phenoxy) is 1. The van der Waals surface area contributed by atoms with Gasteiger partial charge < -0.3 is 19.3 Å². The predicted molar refractivity (Wildman–Crippen MR) is 159 cm³/mol. The lowest BCUT2D eigenvalue weighted by Gasteiger charge is -2.33. The molecule has 1 amide bonds. The number of amides is 1. The molecule has 5 rings (SSSR count). The summed E-state index contributed by atoms with van der Waals surface area (Å²) >= 11 is 0. The molecule has 1 aliphatic carbocycles. The maximum Gasteiger partial charge on any atom is 0.225 e. The highest BCUT2D eigenvalue weighted by atomic mass is 16.5. The molecule has 0 radical (unpaired) electrons. The number of rotatable bonds is 11. The molecule has 2 fully saturated rings. The molecule has 1 saturated carbocycles. The van der Waals surface area contributed by atoms with Crippen molar-refractivity contribution >= 4 is 16.9 Å². The van der Waals surface area contributed by atoms with Crippen molar-refractivity contribution in [2.45, 2.75) is 71.4 Å². The molecule has 7 nitrogen and oxygen atoms in total. The number of fused-ring (bicyclic) bond motifs is 1. The molecule has 0 bridgehead atoms. The van der Waals surface area contributed by atoms with Crippen LogP contribution in [0.5, 0.6) is 5.75 Å². The van der Waals surface area contributed by atoms with Gasteiger partial charge in [0.1, 0.15) is 24.8 Å². The van der Waals surface area contributed by atoms with Gasteiger partial charge in [0, 0.05) is 44.7 Å². The lowest BCUT2D eigenvalue weighted by atomic mass is 9.78. The Morgan fingerprint density at radius 1 is 0.975 bits per heavy atom. The van der Waals surface area contributed by atoms with Crippen LogP contribution in [0.25, 0.3) is 11.0 Å². The van der Waals surface area contributed by atoms with Gasteiger partial charge in [0.25, 0.3) is 0 Å². The first-order valence-electron chi connectivity index (χ1n) is 15.4. The van der Waals surface area contributed by atoms with Gasteiger partial charge in [-0.15, -0.1) is 0 Å². The maximum absolute atomic E-state index is 12.8. The number of imidazole rings is 1. The van der Waals surface area contributed by atoms with Crippen LogP contribution >= 0.6 is 0 Å². The van der Waals surface area contributed by atoms with E-state index >= 15 is 0 Å². The summed E-state index contributed by atoms with van der Waals surface area (Å²) in [5, 5.41) is 9.90. The molecule has 2 aromatic carbocycles. The third-order valence-electron chi connectivity index (χ3n) is 9.15. The number of hydrogen-bond donors (Lipinski definition) is 1. The molecule has 1 aromatic heterocycles. The van der Waals surface area contributed by atoms with E-state index in [2.05, 4.69) is 58.6 Å². The fourth-order valence-corrected chi connectivity index (χ4v) is 6.83. The van der Waals surface area contributed by atoms with Crippen LogP contribution in [0, 0.1) is 11.8 Å². The fourth-order valence-electron chi connectivity index (χ4n) is 6.83. The first-order valence-corrected chi connectivity index (χ1v) is 15.4. The zero-order valence-electron chi connectivity index (χ0n) is 24.3. The summed E-state index contributed by atoms with van der Waals surface area (Å²) in [7, 11) is 0. The van der Waals surface area contributed by atoms with Crippen LogP contribution in [0.3, 0.4) is 0 Å². The van der Waals surface area contributed by atoms with Gasteiger partial charge in [0.05, 0.1) is 11.0 Å². The van der Waals surface area contributed by atoms with Crippen LogP contribution in [0.15, 0.2) is 48.5 Å². The van der Waals surface area contributed by atoms with E-state index in [-0.39, 0.29) is 12.5 Å². The number of nitrogens with zero attached hydrogens (tertiary/aromatic N) is 4. The molecule has 0 unspecified atom stereocenters. The third kappa shape index (κ3) is 6.52. The van der Waals surface area contributed by atoms with E-state index in [1.165, 1.54) is 5.56 Å². The first kappa shape index (κ1) is 28.6. The van der Waals surface area contributed by atoms with Gasteiger partial charge in [-0.1, -0.05) is 30.3 Å². The van der Waals surface area contributed by atoms with E-state index in [9.17, 15) is 9.90 Å². The molecular weight excluding hydrogens is 500 g/mol. The molecule has 2 heterocycles. The molecule has 1 aliphatic heterocycles. The summed E-state index contributed by atoms with van der Waals surface area (Å²) in [4.78, 5) is 21.9. The van der Waals surface area contributed by atoms with Crippen molar-refractivity contribution in [2.24, 2.45) is 11.8 Å². The molecular formula is C33H46N4O3. The number of carbonyl (C=O) groups is 1. The number of aliphatic hydroxyl groups is 1. The second-order valence-corrected chi connectivity index (χ2v) is 11.5. The number of benzene rings is 2. The number of piperidine rings is 1. The molecule has 216 valence electrons. The average Bonchev–Trinajstić information content (AvgIpc) is 3.38. The van der Waals surface area contributed by atoms with Crippen LogP contribution in [0.1, 0.15) is 69.8 Å². The normalized spacial score (nSPS) is 20.6. The van der Waals surface area contributed by atoms with Crippen LogP contribution in [-0.2, 0) is 17.8 Å². The molecule has 3 aromatic rings. The van der Waals surface area contributed by atoms with Crippen LogP contribution in [0.2, 0.25) is 0 Å². The quantitative estimate of drug-likeness (QED) is 0.346. The first-order chi connectivity index (χ1) is 19.6. The summed E-state index contributed by atoms with van der Waals surface area (Å²) < 4.78 is 8.60. The van der Waals surface area contributed by atoms with Gasteiger partial charge in [-0.05, 0) is 88.5 Å². The largest absolute Gasteiger partial charge is 0.492 e. The van der Waals surface area contributed by atoms with Gasteiger partial charge in [0.2, 0.25) is 5.91 Å². The predicted octanol–water partition coefficient (Wildman–Crippen LogP) is 5.46. The molecule has 40 heavy (non-hydrogen) atoms. The Hall–Kier alpha value is -2.90. The molecule has 0 spiro atoms. The topological polar surface area (TPSA) is 70.8 Å². The molecule has 1 saturated heterocycles. The highest BCUT2D eigenvalue weighted by Gasteiger charge is 2.29. The van der Waals surface area contributed by atoms with Gasteiger partial charge >= 0.3 is 0 Å². The Bertz CT molecular complexity index is 1240. The second-order valence-electron chi connectivity index (χ2n) is 11.5. The Balaban J connectivity index is 1.09. The minimum absolute atomic E-state index is 0.0297. The van der Waals surface area contributed by atoms with Crippen molar-refractivity contribution in [1.29, 1.82) is 0 Å². The van der Waals surface area contributed by atoms with Gasteiger partial charge in [0.15, 0.2) is 0 Å². The van der Waals surface area contributed by atoms with E-state index in [1.807, 2.05) is 23.1 Å². The van der Waals surface area contributed by atoms with Crippen molar-refractivity contribution in [2.75, 3.05) is 39.3 Å². The zero-order chi connectivity index (χ0) is 27.9. The van der Waals surface area contributed by atoms with Gasteiger partial charge in [-0.3, -0.25) is 9.69 Å². The monoisotopic (exact) mass is 546 g/mol. The third-order valence-corrected chi connectivity index (χ3v) is 9.15. The summed E-state index contributed by atoms with van der Waals surface area (Å²) in [6.07, 6.45) is 7.37. The minimum atomic E-state index is -0.0297. The maximum atomic E-state index is 12.8. The van der Waals surface area contributed by atoms with Crippen molar-refractivity contribution in [1.82, 2.24) is 19.4 Å². The van der Waals surface area contributed by atoms with E-state index in [0.717, 1.165) is 100 Å². The minimum Gasteiger partial charge on any atom is -0.492 e. The Labute approximate surface area is 239 Å². The van der Waals surface area contributed by atoms with Crippen molar-refractivity contribution < 1.29 is 14.6 Å². The summed E-state index contributed by atoms with van der Waals surface area (Å²) in [5.41, 5.74) is 3.37. The summed E-state index contributed by atoms with van der Waals surface area (Å²) in [6.45, 7) is 9.36. The second kappa shape index (κ2) is 13.6. The number of likely N-dealkylation sites (tertiary alicyclic amines) is 1. The molecule has 7 heteroatoms. The lowest BCUT2D eigenvalue weighted by Crippen LogP contribution is -2.37. The number of hydrogen-bond acceptors (Lipinski definition) is 5. The fraction of sp³-hybridized carbons (Fsp3) is 0.576. The SMILES string of the molecule is CCN(CC)C(=O)[C@H]1CC[C@@H](Cc2ccccc2OCCN2CCC(n3c(CO)nc4ccccc43)CC2)CC1. The zero-order valence-corrected chi connectivity index (χ0v) is 24.3. The highest BCUT2D eigenvalue weighted by molar-refractivity contribution is 5.79. The van der Waals surface area contributed by atoms with Gasteiger partial charge in [-0.2, -0.15) is 0 Å². The standard InChI is InChI=1S/C33H46N4O3/c1-3-36(4-2)33(39)26-15-13-25(14-16-26)23-27-9-5-8-12-31(27)40-22-21-35-19-17-28(18-20-35)37-30-11-7-6-10-29(30)34-32(37)24-38/h5-12,25-26,28,38H,3-4,13-24H2,1-2H3/t25-,26+. The Morgan fingerprint density at radius 2 is 1.68 bits per heavy atom. The van der Waals surface area contributed by atoms with E-state index in [4.69, 9.17) is 4.74 Å². The number of para-hydroxylation sites is 3. The van der Waals surface area contributed by atoms with E-state index in [1.54, 1.807) is 0 Å². The van der Waals surface area contributed by atoms with Gasteiger partial charge in [-0.25, -0.2) is 4.98 Å². The number of carbonyl (C=O) groups excluding carboxylic acids is 1. The lowest BCUT2D eigenvalue weighted by molar-refractivity contribution is -0.136. The Kier molecular flexibility index (Phi) is 9.76. The van der Waals surface area contributed by atoms with Crippen molar-refractivity contribution in [3.8, 4) is 5.75 Å². The van der Waals surface area contributed by atoms with Crippen LogP contribution < -0.4 is 4.74 Å². The molecule has 1 N–H and O–H groups in total. The molecule has 2 aliphatic rings. The van der Waals surface area contributed by atoms with Crippen LogP contribution in [0.4, 0.5) is 0 Å². The number of aromatic nitrogens is 2. The Morgan fingerprint density at radius 3 is 2.40 bits per heavy atom. The van der Waals surface area contributed by atoms with E-state index in [0.29, 0.717) is 24.5 Å². The number of aliphatic hydroxyl groups excluding tert-OH is 1. The van der Waals surface area contributed by atoms with Crippen LogP contribution in [-0.4, -0.2) is 69.7 Å². The van der Waals surface area contributed by atoms with Crippen molar-refractivity contribution in [3.05, 3.63) is 59.9 Å². The average molecular weight is 547 g/mol. The smallest absolute Gasteiger partial charge is 0.225 e. The highest BCUT2D eigenvalue weighted by Crippen LogP contribution is 2.34. The molecule has 0 atom stereocenters. The summed E-state index contributed by atoms with van der Waals surface area (Å²) in [6, 6.07) is 17.0.